The molecule has 1 atom stereocenters. The molecule has 0 saturated carbocycles. The van der Waals surface area contributed by atoms with Gasteiger partial charge in [-0.05, 0) is 31.5 Å². The van der Waals surface area contributed by atoms with Crippen LogP contribution in [-0.4, -0.2) is 33.8 Å². The van der Waals surface area contributed by atoms with E-state index in [1.165, 1.54) is 12.4 Å². The van der Waals surface area contributed by atoms with Crippen molar-refractivity contribution in [2.75, 3.05) is 5.32 Å². The molecule has 3 rings (SSSR count). The highest BCUT2D eigenvalue weighted by Crippen LogP contribution is 2.42. The van der Waals surface area contributed by atoms with Crippen molar-refractivity contribution >= 4 is 58.1 Å². The number of ketones is 1. The second kappa shape index (κ2) is 8.86. The lowest BCUT2D eigenvalue weighted by molar-refractivity contribution is -0.139. The summed E-state index contributed by atoms with van der Waals surface area (Å²) in [4.78, 5) is 39.8. The smallest absolute Gasteiger partial charge is 0.326 e. The number of benzene rings is 1. The average molecular weight is 483 g/mol. The Balaban J connectivity index is 1.70. The molecule has 0 radical (unpaired) electrons. The monoisotopic (exact) mass is 481 g/mol. The molecule has 0 aliphatic heterocycles. The molecule has 162 valence electrons. The van der Waals surface area contributed by atoms with E-state index in [1.807, 2.05) is 0 Å². The minimum Gasteiger partial charge on any atom is -0.480 e. The molecule has 1 aromatic carbocycles. The third kappa shape index (κ3) is 4.69. The Kier molecular flexibility index (Phi) is 6.59. The van der Waals surface area contributed by atoms with Crippen LogP contribution in [-0.2, 0) is 16.0 Å². The lowest BCUT2D eigenvalue weighted by atomic mass is 9.74. The van der Waals surface area contributed by atoms with Gasteiger partial charge in [0.15, 0.2) is 5.78 Å². The number of amides is 1. The quantitative estimate of drug-likeness (QED) is 0.543. The van der Waals surface area contributed by atoms with E-state index in [4.69, 9.17) is 34.8 Å². The number of rotatable bonds is 7. The number of pyridine rings is 1. The van der Waals surface area contributed by atoms with Crippen molar-refractivity contribution < 1.29 is 19.5 Å². The largest absolute Gasteiger partial charge is 0.480 e. The first-order valence-corrected chi connectivity index (χ1v) is 10.3. The van der Waals surface area contributed by atoms with Gasteiger partial charge in [0.05, 0.1) is 21.0 Å². The molecule has 3 N–H and O–H groups in total. The van der Waals surface area contributed by atoms with Gasteiger partial charge in [-0.15, -0.1) is 0 Å². The molecule has 1 aliphatic carbocycles. The van der Waals surface area contributed by atoms with Gasteiger partial charge < -0.3 is 15.7 Å². The number of hydrogen-bond acceptors (Lipinski definition) is 5. The number of anilines is 1. The molecule has 2 aromatic rings. The molecule has 1 aliphatic rings. The number of aliphatic carboxylic acids is 1. The highest BCUT2D eigenvalue weighted by atomic mass is 35.5. The van der Waals surface area contributed by atoms with E-state index < -0.39 is 23.3 Å². The minimum absolute atomic E-state index is 0.0303. The summed E-state index contributed by atoms with van der Waals surface area (Å²) in [5, 5.41) is 15.4. The summed E-state index contributed by atoms with van der Waals surface area (Å²) in [5.41, 5.74) is 0.878. The second-order valence-corrected chi connectivity index (χ2v) is 8.70. The van der Waals surface area contributed by atoms with Crippen LogP contribution >= 0.6 is 34.8 Å². The third-order valence-electron chi connectivity index (χ3n) is 4.96. The molecule has 0 unspecified atom stereocenters. The van der Waals surface area contributed by atoms with Crippen LogP contribution in [0.1, 0.15) is 29.8 Å². The maximum atomic E-state index is 12.4. The lowest BCUT2D eigenvalue weighted by Crippen LogP contribution is -2.50. The van der Waals surface area contributed by atoms with Gasteiger partial charge in [0.25, 0.3) is 5.91 Å². The molecule has 0 bridgehead atoms. The predicted molar refractivity (Wildman–Crippen MR) is 119 cm³/mol. The maximum Gasteiger partial charge on any atom is 0.326 e. The number of allylic oxidation sites excluding steroid dienone is 2. The van der Waals surface area contributed by atoms with Crippen LogP contribution in [0.15, 0.2) is 47.4 Å². The fourth-order valence-electron chi connectivity index (χ4n) is 3.11. The molecule has 1 amide bonds. The second-order valence-electron chi connectivity index (χ2n) is 7.51. The normalized spacial score (nSPS) is 15.8. The van der Waals surface area contributed by atoms with Gasteiger partial charge in [-0.1, -0.05) is 46.9 Å². The summed E-state index contributed by atoms with van der Waals surface area (Å²) >= 11 is 17.9. The van der Waals surface area contributed by atoms with Gasteiger partial charge in [0, 0.05) is 30.2 Å². The van der Waals surface area contributed by atoms with E-state index in [9.17, 15) is 19.5 Å². The Morgan fingerprint density at radius 1 is 1.10 bits per heavy atom. The fourth-order valence-corrected chi connectivity index (χ4v) is 4.18. The Labute approximate surface area is 193 Å². The Morgan fingerprint density at radius 3 is 2.19 bits per heavy atom. The Hall–Kier alpha value is -2.61. The van der Waals surface area contributed by atoms with E-state index in [-0.39, 0.29) is 32.8 Å². The van der Waals surface area contributed by atoms with Gasteiger partial charge in [-0.25, -0.2) is 4.79 Å². The summed E-state index contributed by atoms with van der Waals surface area (Å²) < 4.78 is 0. The first-order valence-electron chi connectivity index (χ1n) is 9.16. The van der Waals surface area contributed by atoms with E-state index in [0.29, 0.717) is 16.9 Å². The van der Waals surface area contributed by atoms with Gasteiger partial charge >= 0.3 is 5.97 Å². The number of nitrogens with one attached hydrogen (secondary N) is 2. The van der Waals surface area contributed by atoms with E-state index in [0.717, 1.165) is 0 Å². The molecule has 0 fully saturated rings. The van der Waals surface area contributed by atoms with Crippen molar-refractivity contribution in [3.63, 3.8) is 0 Å². The zero-order chi connectivity index (χ0) is 22.9. The maximum absolute atomic E-state index is 12.4. The van der Waals surface area contributed by atoms with Crippen LogP contribution in [0.25, 0.3) is 0 Å². The number of hydrogen-bond donors (Lipinski definition) is 3. The van der Waals surface area contributed by atoms with E-state index in [1.54, 1.807) is 38.1 Å². The van der Waals surface area contributed by atoms with Crippen LogP contribution in [0.5, 0.6) is 0 Å². The Bertz CT molecular complexity index is 1080. The molecule has 31 heavy (non-hydrogen) atoms. The summed E-state index contributed by atoms with van der Waals surface area (Å²) in [5.74, 6) is -1.80. The molecule has 10 heteroatoms. The Morgan fingerprint density at radius 2 is 1.68 bits per heavy atom. The number of carboxylic acids is 1. The number of nitrogens with zero attached hydrogens (tertiary/aromatic N) is 1. The van der Waals surface area contributed by atoms with Crippen molar-refractivity contribution in [1.29, 1.82) is 0 Å². The van der Waals surface area contributed by atoms with Crippen LogP contribution in [0.4, 0.5) is 5.69 Å². The third-order valence-corrected chi connectivity index (χ3v) is 5.89. The highest BCUT2D eigenvalue weighted by molar-refractivity contribution is 6.47. The standard InChI is InChI=1S/C21H18Cl3N3O4/c1-21(2)17(16(24)18(21)28)27-14(20(30)31)7-10-3-5-11(6-4-10)26-19(29)15-12(22)8-25-9-13(15)23/h3-6,8-9,14,27H,7H2,1-2H3,(H,26,29)(H,30,31)/t14-/m0/s1. The lowest BCUT2D eigenvalue weighted by Gasteiger charge is -2.38. The summed E-state index contributed by atoms with van der Waals surface area (Å²) in [6, 6.07) is 5.67. The molecule has 1 aromatic heterocycles. The van der Waals surface area contributed by atoms with Gasteiger partial charge in [-0.2, -0.15) is 0 Å². The molecule has 7 nitrogen and oxygen atoms in total. The SMILES string of the molecule is CC1(C)C(=O)C(Cl)=C1N[C@@H](Cc1ccc(NC(=O)c2c(Cl)cncc2Cl)cc1)C(=O)O. The van der Waals surface area contributed by atoms with Crippen molar-refractivity contribution in [1.82, 2.24) is 10.3 Å². The topological polar surface area (TPSA) is 108 Å². The first-order chi connectivity index (χ1) is 14.5. The predicted octanol–water partition coefficient (Wildman–Crippen LogP) is 4.29. The number of carbonyl (C=O) groups excluding carboxylic acids is 2. The van der Waals surface area contributed by atoms with Crippen molar-refractivity contribution in [2.24, 2.45) is 5.41 Å². The van der Waals surface area contributed by atoms with Gasteiger partial charge in [0.1, 0.15) is 11.1 Å². The van der Waals surface area contributed by atoms with Gasteiger partial charge in [0.2, 0.25) is 0 Å². The fraction of sp³-hybridized carbons (Fsp3) is 0.238. The number of halogens is 3. The summed E-state index contributed by atoms with van der Waals surface area (Å²) in [7, 11) is 0. The van der Waals surface area contributed by atoms with E-state index >= 15 is 0 Å². The molecule has 1 heterocycles. The van der Waals surface area contributed by atoms with E-state index in [2.05, 4.69) is 15.6 Å². The number of carboxylic acid groups (broad SMARTS) is 1. The van der Waals surface area contributed by atoms with Crippen molar-refractivity contribution in [2.45, 2.75) is 26.3 Å². The van der Waals surface area contributed by atoms with Crippen LogP contribution in [0.2, 0.25) is 10.0 Å². The minimum atomic E-state index is -1.08. The molecular formula is C21H18Cl3N3O4. The molecule has 0 saturated heterocycles. The summed E-state index contributed by atoms with van der Waals surface area (Å²) in [6.45, 7) is 3.36. The first kappa shape index (κ1) is 23.1. The van der Waals surface area contributed by atoms with Crippen molar-refractivity contribution in [3.8, 4) is 0 Å². The molecule has 0 spiro atoms. The zero-order valence-corrected chi connectivity index (χ0v) is 18.8. The van der Waals surface area contributed by atoms with Crippen molar-refractivity contribution in [3.05, 3.63) is 68.6 Å². The van der Waals surface area contributed by atoms with Gasteiger partial charge in [-0.3, -0.25) is 14.6 Å². The number of Topliss-reactive ketones (excluding diaryl/α,β-unsaturated/α-hetero) is 1. The number of carbonyl (C=O) groups is 3. The van der Waals surface area contributed by atoms with Crippen LogP contribution < -0.4 is 10.6 Å². The highest BCUT2D eigenvalue weighted by Gasteiger charge is 2.47. The number of aromatic nitrogens is 1. The van der Waals surface area contributed by atoms with Crippen LogP contribution in [0, 0.1) is 5.41 Å². The summed E-state index contributed by atoms with van der Waals surface area (Å²) in [6.07, 6.45) is 2.79. The molecular weight excluding hydrogens is 465 g/mol. The average Bonchev–Trinajstić information content (AvgIpc) is 2.71. The van der Waals surface area contributed by atoms with Crippen LogP contribution in [0.3, 0.4) is 0 Å². The zero-order valence-electron chi connectivity index (χ0n) is 16.5.